The van der Waals surface area contributed by atoms with E-state index < -0.39 is 5.69 Å². The second kappa shape index (κ2) is 10.1. The summed E-state index contributed by atoms with van der Waals surface area (Å²) in [5, 5.41) is 3.25. The fourth-order valence-electron chi connectivity index (χ4n) is 3.25. The van der Waals surface area contributed by atoms with Gasteiger partial charge >= 0.3 is 5.69 Å². The Labute approximate surface area is 180 Å². The van der Waals surface area contributed by atoms with E-state index in [0.29, 0.717) is 24.1 Å². The van der Waals surface area contributed by atoms with Crippen LogP contribution in [0.1, 0.15) is 12.5 Å². The lowest BCUT2D eigenvalue weighted by Crippen LogP contribution is -2.42. The van der Waals surface area contributed by atoms with Gasteiger partial charge in [0.15, 0.2) is 0 Å². The average Bonchev–Trinajstić information content (AvgIpc) is 2.76. The van der Waals surface area contributed by atoms with Crippen molar-refractivity contribution in [3.63, 3.8) is 0 Å². The van der Waals surface area contributed by atoms with Crippen LogP contribution in [0.5, 0.6) is 5.75 Å². The lowest BCUT2D eigenvalue weighted by atomic mass is 10.2. The summed E-state index contributed by atoms with van der Waals surface area (Å²) >= 11 is 0. The van der Waals surface area contributed by atoms with Crippen molar-refractivity contribution < 1.29 is 9.53 Å². The van der Waals surface area contributed by atoms with Gasteiger partial charge in [0.1, 0.15) is 18.9 Å². The van der Waals surface area contributed by atoms with E-state index in [1.807, 2.05) is 43.3 Å². The standard InChI is InChI=1S/C23H28N4O4/c1-4-26-22(29)19-7-5-6-8-20(19)27(23(26)30)16-21(28)24-15-17-9-11-18(12-10-17)31-14-13-25(2)3/h5-12H,4,13-16H2,1-3H3,(H,24,28). The Kier molecular flexibility index (Phi) is 7.25. The highest BCUT2D eigenvalue weighted by atomic mass is 16.5. The van der Waals surface area contributed by atoms with Gasteiger partial charge in [-0.1, -0.05) is 24.3 Å². The SMILES string of the molecule is CCn1c(=O)c2ccccc2n(CC(=O)NCc2ccc(OCCN(C)C)cc2)c1=O. The van der Waals surface area contributed by atoms with Gasteiger partial charge < -0.3 is 15.0 Å². The zero-order chi connectivity index (χ0) is 22.4. The van der Waals surface area contributed by atoms with Gasteiger partial charge in [0.2, 0.25) is 5.91 Å². The molecule has 1 N–H and O–H groups in total. The van der Waals surface area contributed by atoms with Gasteiger partial charge in [-0.3, -0.25) is 18.7 Å². The normalized spacial score (nSPS) is 11.1. The molecular formula is C23H28N4O4. The third-order valence-corrected chi connectivity index (χ3v) is 4.97. The number of hydrogen-bond donors (Lipinski definition) is 1. The number of para-hydroxylation sites is 1. The largest absolute Gasteiger partial charge is 0.492 e. The summed E-state index contributed by atoms with van der Waals surface area (Å²) in [6.45, 7) is 3.58. The minimum Gasteiger partial charge on any atom is -0.492 e. The number of fused-ring (bicyclic) bond motifs is 1. The Morgan fingerprint density at radius 3 is 2.42 bits per heavy atom. The molecule has 0 radical (unpaired) electrons. The lowest BCUT2D eigenvalue weighted by molar-refractivity contribution is -0.121. The molecule has 164 valence electrons. The van der Waals surface area contributed by atoms with E-state index in [9.17, 15) is 14.4 Å². The molecule has 0 spiro atoms. The molecule has 2 aromatic carbocycles. The van der Waals surface area contributed by atoms with Crippen LogP contribution in [0.4, 0.5) is 0 Å². The minimum atomic E-state index is -0.486. The number of nitrogens with zero attached hydrogens (tertiary/aromatic N) is 3. The summed E-state index contributed by atoms with van der Waals surface area (Å²) < 4.78 is 8.15. The van der Waals surface area contributed by atoms with Gasteiger partial charge in [0.05, 0.1) is 10.9 Å². The Hall–Kier alpha value is -3.39. The number of likely N-dealkylation sites (N-methyl/N-ethyl adjacent to an activating group) is 1. The number of benzene rings is 2. The molecule has 8 nitrogen and oxygen atoms in total. The number of aromatic nitrogens is 2. The van der Waals surface area contributed by atoms with Crippen molar-refractivity contribution in [1.29, 1.82) is 0 Å². The molecule has 31 heavy (non-hydrogen) atoms. The first kappa shape index (κ1) is 22.3. The molecule has 0 saturated carbocycles. The monoisotopic (exact) mass is 424 g/mol. The fraction of sp³-hybridized carbons (Fsp3) is 0.348. The molecule has 0 aliphatic rings. The molecule has 1 amide bonds. The van der Waals surface area contributed by atoms with Crippen LogP contribution in [0, 0.1) is 0 Å². The van der Waals surface area contributed by atoms with Crippen molar-refractivity contribution in [2.24, 2.45) is 0 Å². The molecule has 0 fully saturated rings. The summed E-state index contributed by atoms with van der Waals surface area (Å²) in [6.07, 6.45) is 0. The average molecular weight is 425 g/mol. The molecule has 0 unspecified atom stereocenters. The van der Waals surface area contributed by atoms with E-state index >= 15 is 0 Å². The minimum absolute atomic E-state index is 0.161. The van der Waals surface area contributed by atoms with Crippen molar-refractivity contribution >= 4 is 16.8 Å². The molecular weight excluding hydrogens is 396 g/mol. The number of nitrogens with one attached hydrogen (secondary N) is 1. The molecule has 3 rings (SSSR count). The van der Waals surface area contributed by atoms with Gasteiger partial charge in [-0.2, -0.15) is 0 Å². The van der Waals surface area contributed by atoms with Crippen LogP contribution >= 0.6 is 0 Å². The van der Waals surface area contributed by atoms with E-state index in [1.165, 1.54) is 4.57 Å². The Morgan fingerprint density at radius 1 is 1.03 bits per heavy atom. The van der Waals surface area contributed by atoms with Gasteiger partial charge in [0.25, 0.3) is 5.56 Å². The molecule has 0 aliphatic carbocycles. The van der Waals surface area contributed by atoms with Crippen LogP contribution in [0.3, 0.4) is 0 Å². The highest BCUT2D eigenvalue weighted by molar-refractivity contribution is 5.81. The summed E-state index contributed by atoms with van der Waals surface area (Å²) in [5.74, 6) is 0.469. The molecule has 0 aliphatic heterocycles. The zero-order valence-corrected chi connectivity index (χ0v) is 18.1. The van der Waals surface area contributed by atoms with Crippen molar-refractivity contribution in [2.75, 3.05) is 27.2 Å². The maximum atomic E-state index is 12.7. The van der Waals surface area contributed by atoms with Gasteiger partial charge in [-0.25, -0.2) is 4.79 Å². The van der Waals surface area contributed by atoms with E-state index in [0.717, 1.165) is 22.4 Å². The Balaban J connectivity index is 1.67. The second-order valence-corrected chi connectivity index (χ2v) is 7.51. The summed E-state index contributed by atoms with van der Waals surface area (Å²) in [7, 11) is 3.98. The van der Waals surface area contributed by atoms with Crippen molar-refractivity contribution in [3.8, 4) is 5.75 Å². The van der Waals surface area contributed by atoms with Gasteiger partial charge in [-0.05, 0) is 50.8 Å². The van der Waals surface area contributed by atoms with E-state index in [2.05, 4.69) is 5.32 Å². The fourth-order valence-corrected chi connectivity index (χ4v) is 3.25. The Morgan fingerprint density at radius 2 is 1.74 bits per heavy atom. The van der Waals surface area contributed by atoms with Crippen LogP contribution in [0.25, 0.3) is 10.9 Å². The van der Waals surface area contributed by atoms with Gasteiger partial charge in [-0.15, -0.1) is 0 Å². The predicted octanol–water partition coefficient (Wildman–Crippen LogP) is 1.44. The van der Waals surface area contributed by atoms with Crippen LogP contribution in [0.15, 0.2) is 58.1 Å². The zero-order valence-electron chi connectivity index (χ0n) is 18.1. The highest BCUT2D eigenvalue weighted by Crippen LogP contribution is 2.12. The molecule has 0 saturated heterocycles. The number of carbonyl (C=O) groups is 1. The third kappa shape index (κ3) is 5.40. The number of carbonyl (C=O) groups excluding carboxylic acids is 1. The highest BCUT2D eigenvalue weighted by Gasteiger charge is 2.14. The number of hydrogen-bond acceptors (Lipinski definition) is 5. The molecule has 0 bridgehead atoms. The summed E-state index contributed by atoms with van der Waals surface area (Å²) in [6, 6.07) is 14.4. The molecule has 1 aromatic heterocycles. The number of amides is 1. The quantitative estimate of drug-likeness (QED) is 0.562. The first-order valence-corrected chi connectivity index (χ1v) is 10.3. The van der Waals surface area contributed by atoms with Crippen molar-refractivity contribution in [3.05, 3.63) is 74.9 Å². The first-order chi connectivity index (χ1) is 14.9. The smallest absolute Gasteiger partial charge is 0.331 e. The van der Waals surface area contributed by atoms with E-state index in [4.69, 9.17) is 4.74 Å². The number of ether oxygens (including phenoxy) is 1. The summed E-state index contributed by atoms with van der Waals surface area (Å²) in [4.78, 5) is 39.8. The van der Waals surface area contributed by atoms with Crippen LogP contribution < -0.4 is 21.3 Å². The predicted molar refractivity (Wildman–Crippen MR) is 120 cm³/mol. The van der Waals surface area contributed by atoms with Crippen LogP contribution in [0.2, 0.25) is 0 Å². The number of rotatable bonds is 9. The maximum absolute atomic E-state index is 12.7. The molecule has 8 heteroatoms. The van der Waals surface area contributed by atoms with Crippen molar-refractivity contribution in [2.45, 2.75) is 26.6 Å². The lowest BCUT2D eigenvalue weighted by Gasteiger charge is -2.13. The Bertz CT molecular complexity index is 1160. The third-order valence-electron chi connectivity index (χ3n) is 4.97. The maximum Gasteiger partial charge on any atom is 0.331 e. The van der Waals surface area contributed by atoms with E-state index in [-0.39, 0.29) is 24.6 Å². The molecule has 3 aromatic rings. The van der Waals surface area contributed by atoms with Gasteiger partial charge in [0, 0.05) is 19.6 Å². The van der Waals surface area contributed by atoms with Crippen LogP contribution in [-0.4, -0.2) is 47.2 Å². The van der Waals surface area contributed by atoms with E-state index in [1.54, 1.807) is 31.2 Å². The van der Waals surface area contributed by atoms with Crippen LogP contribution in [-0.2, 0) is 24.4 Å². The summed E-state index contributed by atoms with van der Waals surface area (Å²) in [5.41, 5.74) is 0.550. The molecule has 0 atom stereocenters. The molecule has 1 heterocycles. The van der Waals surface area contributed by atoms with Crippen molar-refractivity contribution in [1.82, 2.24) is 19.4 Å². The first-order valence-electron chi connectivity index (χ1n) is 10.3. The topological polar surface area (TPSA) is 85.6 Å². The second-order valence-electron chi connectivity index (χ2n) is 7.51.